The summed E-state index contributed by atoms with van der Waals surface area (Å²) in [6.45, 7) is 0.718. The summed E-state index contributed by atoms with van der Waals surface area (Å²) in [5, 5.41) is 11.8. The van der Waals surface area contributed by atoms with Crippen LogP contribution in [0, 0.1) is 0 Å². The van der Waals surface area contributed by atoms with Gasteiger partial charge in [-0.2, -0.15) is 0 Å². The van der Waals surface area contributed by atoms with Crippen LogP contribution >= 0.6 is 15.9 Å². The Labute approximate surface area is 126 Å². The summed E-state index contributed by atoms with van der Waals surface area (Å²) in [6, 6.07) is 3.71. The highest BCUT2D eigenvalue weighted by atomic mass is 79.9. The van der Waals surface area contributed by atoms with Gasteiger partial charge in [0.1, 0.15) is 17.1 Å². The van der Waals surface area contributed by atoms with Gasteiger partial charge in [0.05, 0.1) is 10.9 Å². The van der Waals surface area contributed by atoms with E-state index in [1.54, 1.807) is 0 Å². The van der Waals surface area contributed by atoms with Crippen LogP contribution in [0.1, 0.15) is 6.42 Å². The molecule has 9 heteroatoms. The van der Waals surface area contributed by atoms with E-state index >= 15 is 0 Å². The van der Waals surface area contributed by atoms with Crippen molar-refractivity contribution >= 4 is 21.9 Å². The second-order valence-electron chi connectivity index (χ2n) is 4.60. The summed E-state index contributed by atoms with van der Waals surface area (Å²) in [7, 11) is 0. The number of rotatable bonds is 5. The Balaban J connectivity index is 2.11. The summed E-state index contributed by atoms with van der Waals surface area (Å²) in [4.78, 5) is 10.8. The number of carboxylic acid groups (broad SMARTS) is 1. The third kappa shape index (κ3) is 4.24. The molecule has 1 aromatic rings. The summed E-state index contributed by atoms with van der Waals surface area (Å²) in [5.74, 6) is -1.14. The molecule has 1 heterocycles. The molecule has 5 nitrogen and oxygen atoms in total. The lowest BCUT2D eigenvalue weighted by molar-refractivity contribution is -0.274. The molecule has 0 saturated carbocycles. The minimum atomic E-state index is -4.78. The van der Waals surface area contributed by atoms with Gasteiger partial charge in [-0.1, -0.05) is 0 Å². The van der Waals surface area contributed by atoms with Gasteiger partial charge in [-0.05, 0) is 34.1 Å². The molecule has 0 amide bonds. The Bertz CT molecular complexity index is 546. The highest BCUT2D eigenvalue weighted by Crippen LogP contribution is 2.35. The van der Waals surface area contributed by atoms with Crippen LogP contribution in [0.4, 0.5) is 13.2 Å². The minimum Gasteiger partial charge on any atom is -0.484 e. The number of nitrogens with one attached hydrogen (secondary N) is 1. The predicted octanol–water partition coefficient (Wildman–Crippen LogP) is 2.54. The zero-order valence-electron chi connectivity index (χ0n) is 10.5. The number of carbonyl (C=O) groups is 1. The highest BCUT2D eigenvalue weighted by molar-refractivity contribution is 9.10. The quantitative estimate of drug-likeness (QED) is 0.834. The van der Waals surface area contributed by atoms with Crippen molar-refractivity contribution in [1.82, 2.24) is 5.32 Å². The van der Waals surface area contributed by atoms with Crippen molar-refractivity contribution in [2.45, 2.75) is 18.4 Å². The van der Waals surface area contributed by atoms with Crippen LogP contribution in [0.2, 0.25) is 0 Å². The first-order valence-electron chi connectivity index (χ1n) is 5.86. The van der Waals surface area contributed by atoms with E-state index in [0.29, 0.717) is 13.1 Å². The molecule has 1 saturated heterocycles. The molecule has 21 heavy (non-hydrogen) atoms. The minimum absolute atomic E-state index is 0.0649. The van der Waals surface area contributed by atoms with E-state index in [-0.39, 0.29) is 16.6 Å². The smallest absolute Gasteiger partial charge is 0.484 e. The van der Waals surface area contributed by atoms with Crippen molar-refractivity contribution in [3.63, 3.8) is 0 Å². The van der Waals surface area contributed by atoms with Gasteiger partial charge in [-0.25, -0.2) is 0 Å². The first-order valence-corrected chi connectivity index (χ1v) is 6.65. The molecule has 0 spiro atoms. The molecule has 0 aliphatic carbocycles. The Morgan fingerprint density at radius 2 is 2.10 bits per heavy atom. The lowest BCUT2D eigenvalue weighted by Gasteiger charge is -2.41. The van der Waals surface area contributed by atoms with Crippen LogP contribution in [0.3, 0.4) is 0 Å². The van der Waals surface area contributed by atoms with Gasteiger partial charge in [0.2, 0.25) is 0 Å². The first kappa shape index (κ1) is 15.9. The molecule has 116 valence electrons. The van der Waals surface area contributed by atoms with Gasteiger partial charge in [0, 0.05) is 13.1 Å². The Morgan fingerprint density at radius 3 is 2.52 bits per heavy atom. The largest absolute Gasteiger partial charge is 0.573 e. The molecule has 2 rings (SSSR count). The van der Waals surface area contributed by atoms with Crippen LogP contribution in [-0.2, 0) is 4.79 Å². The van der Waals surface area contributed by atoms with Crippen molar-refractivity contribution in [3.05, 3.63) is 22.7 Å². The van der Waals surface area contributed by atoms with Crippen molar-refractivity contribution in [3.8, 4) is 11.5 Å². The van der Waals surface area contributed by atoms with Gasteiger partial charge in [0.15, 0.2) is 0 Å². The molecule has 1 aliphatic heterocycles. The molecular formula is C12H11BrF3NO4. The van der Waals surface area contributed by atoms with Crippen LogP contribution in [0.25, 0.3) is 0 Å². The van der Waals surface area contributed by atoms with E-state index in [1.807, 2.05) is 0 Å². The monoisotopic (exact) mass is 369 g/mol. The van der Waals surface area contributed by atoms with Crippen molar-refractivity contribution in [1.29, 1.82) is 0 Å². The molecule has 0 radical (unpaired) electrons. The average Bonchev–Trinajstić information content (AvgIpc) is 2.27. The van der Waals surface area contributed by atoms with E-state index in [1.165, 1.54) is 12.1 Å². The van der Waals surface area contributed by atoms with E-state index in [0.717, 1.165) is 6.07 Å². The number of alkyl halides is 3. The van der Waals surface area contributed by atoms with Gasteiger partial charge < -0.3 is 19.9 Å². The molecule has 1 aromatic carbocycles. The number of carboxylic acids is 1. The maximum atomic E-state index is 12.2. The second-order valence-corrected chi connectivity index (χ2v) is 5.45. The molecule has 0 bridgehead atoms. The van der Waals surface area contributed by atoms with Gasteiger partial charge >= 0.3 is 12.3 Å². The molecule has 0 atom stereocenters. The van der Waals surface area contributed by atoms with Gasteiger partial charge in [-0.15, -0.1) is 13.2 Å². The second kappa shape index (κ2) is 5.72. The Morgan fingerprint density at radius 1 is 1.43 bits per heavy atom. The Kier molecular flexibility index (Phi) is 4.33. The van der Waals surface area contributed by atoms with Crippen molar-refractivity contribution in [2.75, 3.05) is 13.1 Å². The number of hydrogen-bond donors (Lipinski definition) is 2. The molecule has 0 unspecified atom stereocenters. The zero-order chi connectivity index (χ0) is 15.7. The normalized spacial score (nSPS) is 17.0. The molecule has 2 N–H and O–H groups in total. The number of hydrogen-bond acceptors (Lipinski definition) is 4. The first-order chi connectivity index (χ1) is 9.69. The average molecular weight is 370 g/mol. The summed E-state index contributed by atoms with van der Waals surface area (Å²) >= 11 is 2.96. The molecular weight excluding hydrogens is 359 g/mol. The van der Waals surface area contributed by atoms with E-state index in [9.17, 15) is 18.0 Å². The number of benzene rings is 1. The summed E-state index contributed by atoms with van der Waals surface area (Å²) in [5.41, 5.74) is -0.877. The molecule has 0 aromatic heterocycles. The summed E-state index contributed by atoms with van der Waals surface area (Å²) < 4.78 is 45.9. The maximum Gasteiger partial charge on any atom is 0.573 e. The lowest BCUT2D eigenvalue weighted by Crippen LogP contribution is -2.64. The van der Waals surface area contributed by atoms with Crippen LogP contribution in [0.5, 0.6) is 11.5 Å². The molecule has 1 aliphatic rings. The number of aliphatic carboxylic acids is 1. The van der Waals surface area contributed by atoms with Crippen LogP contribution < -0.4 is 14.8 Å². The third-order valence-corrected chi connectivity index (χ3v) is 3.45. The molecule has 1 fully saturated rings. The standard InChI is InChI=1S/C12H11BrF3NO4/c13-8-3-7(1-2-9(8)21-12(14,15)16)20-11(4-10(18)19)5-17-6-11/h1-3,17H,4-6H2,(H,18,19). The topological polar surface area (TPSA) is 67.8 Å². The lowest BCUT2D eigenvalue weighted by atomic mass is 9.92. The zero-order valence-corrected chi connectivity index (χ0v) is 12.1. The predicted molar refractivity (Wildman–Crippen MR) is 69.3 cm³/mol. The van der Waals surface area contributed by atoms with Crippen molar-refractivity contribution in [2.24, 2.45) is 0 Å². The Hall–Kier alpha value is -1.48. The fourth-order valence-corrected chi connectivity index (χ4v) is 2.35. The summed E-state index contributed by atoms with van der Waals surface area (Å²) in [6.07, 6.45) is -4.98. The highest BCUT2D eigenvalue weighted by Gasteiger charge is 2.41. The number of halogens is 4. The number of ether oxygens (including phenoxy) is 2. The SMILES string of the molecule is O=C(O)CC1(Oc2ccc(OC(F)(F)F)c(Br)c2)CNC1. The van der Waals surface area contributed by atoms with Gasteiger partial charge in [-0.3, -0.25) is 4.79 Å². The van der Waals surface area contributed by atoms with E-state index in [4.69, 9.17) is 9.84 Å². The maximum absolute atomic E-state index is 12.2. The van der Waals surface area contributed by atoms with Crippen molar-refractivity contribution < 1.29 is 32.5 Å². The van der Waals surface area contributed by atoms with Crippen LogP contribution in [-0.4, -0.2) is 36.1 Å². The van der Waals surface area contributed by atoms with E-state index < -0.39 is 23.7 Å². The third-order valence-electron chi connectivity index (χ3n) is 2.83. The fraction of sp³-hybridized carbons (Fsp3) is 0.417. The van der Waals surface area contributed by atoms with Gasteiger partial charge in [0.25, 0.3) is 0 Å². The van der Waals surface area contributed by atoms with E-state index in [2.05, 4.69) is 26.0 Å². The van der Waals surface area contributed by atoms with Crippen LogP contribution in [0.15, 0.2) is 22.7 Å². The fourth-order valence-electron chi connectivity index (χ4n) is 1.92.